The number of carbonyl (C=O) groups is 2. The second-order valence-electron chi connectivity index (χ2n) is 2.75. The van der Waals surface area contributed by atoms with Gasteiger partial charge in [-0.2, -0.15) is 0 Å². The maximum Gasteiger partial charge on any atom is 0.412 e. The van der Waals surface area contributed by atoms with Gasteiger partial charge in [0.15, 0.2) is 0 Å². The number of aldehydes is 1. The molecule has 1 N–H and O–H groups in total. The van der Waals surface area contributed by atoms with E-state index in [2.05, 4.69) is 5.32 Å². The Kier molecular flexibility index (Phi) is 3.67. The largest absolute Gasteiger partial charge is 0.412 e. The lowest BCUT2D eigenvalue weighted by Gasteiger charge is -2.04. The van der Waals surface area contributed by atoms with Crippen LogP contribution in [0, 0.1) is 6.92 Å². The smallest absolute Gasteiger partial charge is 0.410 e. The summed E-state index contributed by atoms with van der Waals surface area (Å²) in [5.41, 5.74) is 1.01. The number of rotatable bonds is 3. The van der Waals surface area contributed by atoms with Gasteiger partial charge in [0.1, 0.15) is 12.0 Å². The molecule has 0 spiro atoms. The number of carbonyl (C=O) groups excluding carboxylic acids is 2. The van der Waals surface area contributed by atoms with E-state index < -0.39 is 6.09 Å². The van der Waals surface area contributed by atoms with Crippen LogP contribution in [0.3, 0.4) is 0 Å². The molecular weight excluding hydrogens is 182 g/mol. The van der Waals surface area contributed by atoms with E-state index in [0.29, 0.717) is 12.0 Å². The monoisotopic (exact) mass is 193 g/mol. The van der Waals surface area contributed by atoms with Gasteiger partial charge in [-0.15, -0.1) is 0 Å². The van der Waals surface area contributed by atoms with E-state index in [1.165, 1.54) is 0 Å². The van der Waals surface area contributed by atoms with Gasteiger partial charge in [0.2, 0.25) is 0 Å². The van der Waals surface area contributed by atoms with E-state index in [9.17, 15) is 9.59 Å². The normalized spacial score (nSPS) is 9.21. The Morgan fingerprint density at radius 1 is 1.57 bits per heavy atom. The zero-order chi connectivity index (χ0) is 10.4. The summed E-state index contributed by atoms with van der Waals surface area (Å²) < 4.78 is 4.89. The molecule has 0 bridgehead atoms. The molecule has 0 unspecified atom stereocenters. The predicted octanol–water partition coefficient (Wildman–Crippen LogP) is 1.28. The maximum atomic E-state index is 11.0. The molecular formula is C10H11NO3. The van der Waals surface area contributed by atoms with E-state index in [0.717, 1.165) is 5.56 Å². The number of benzene rings is 1. The van der Waals surface area contributed by atoms with E-state index >= 15 is 0 Å². The maximum absolute atomic E-state index is 11.0. The summed E-state index contributed by atoms with van der Waals surface area (Å²) in [6.07, 6.45) is -0.0278. The van der Waals surface area contributed by atoms with E-state index in [4.69, 9.17) is 4.74 Å². The molecule has 1 aromatic carbocycles. The van der Waals surface area contributed by atoms with Crippen molar-refractivity contribution in [3.8, 4) is 5.75 Å². The van der Waals surface area contributed by atoms with Gasteiger partial charge in [0.25, 0.3) is 0 Å². The highest BCUT2D eigenvalue weighted by molar-refractivity contribution is 5.73. The number of hydrogen-bond donors (Lipinski definition) is 1. The van der Waals surface area contributed by atoms with Crippen LogP contribution in [0.5, 0.6) is 5.75 Å². The van der Waals surface area contributed by atoms with Gasteiger partial charge in [-0.25, -0.2) is 4.79 Å². The number of hydrogen-bond acceptors (Lipinski definition) is 3. The summed E-state index contributed by atoms with van der Waals surface area (Å²) in [5, 5.41) is 2.27. The van der Waals surface area contributed by atoms with Crippen molar-refractivity contribution in [3.05, 3.63) is 29.8 Å². The molecule has 0 aliphatic carbocycles. The van der Waals surface area contributed by atoms with Crippen molar-refractivity contribution in [2.45, 2.75) is 6.92 Å². The average Bonchev–Trinajstić information content (AvgIpc) is 2.15. The molecule has 0 saturated carbocycles. The molecule has 4 nitrogen and oxygen atoms in total. The lowest BCUT2D eigenvalue weighted by molar-refractivity contribution is -0.107. The van der Waals surface area contributed by atoms with Gasteiger partial charge >= 0.3 is 6.09 Å². The Bertz CT molecular complexity index is 336. The third-order valence-electron chi connectivity index (χ3n) is 1.53. The fourth-order valence-electron chi connectivity index (χ4n) is 0.947. The van der Waals surface area contributed by atoms with Crippen LogP contribution < -0.4 is 10.1 Å². The van der Waals surface area contributed by atoms with Gasteiger partial charge in [-0.1, -0.05) is 12.1 Å². The topological polar surface area (TPSA) is 55.4 Å². The minimum Gasteiger partial charge on any atom is -0.410 e. The molecule has 1 aromatic rings. The van der Waals surface area contributed by atoms with E-state index in [1.807, 2.05) is 13.0 Å². The summed E-state index contributed by atoms with van der Waals surface area (Å²) in [6.45, 7) is 1.86. The molecule has 1 amide bonds. The highest BCUT2D eigenvalue weighted by Gasteiger charge is 2.02. The molecule has 0 aliphatic heterocycles. The van der Waals surface area contributed by atoms with Crippen LogP contribution in [0.4, 0.5) is 4.79 Å². The summed E-state index contributed by atoms with van der Waals surface area (Å²) in [6, 6.07) is 7.10. The summed E-state index contributed by atoms with van der Waals surface area (Å²) in [4.78, 5) is 20.9. The van der Waals surface area contributed by atoms with Crippen molar-refractivity contribution in [3.63, 3.8) is 0 Å². The van der Waals surface area contributed by atoms with Crippen LogP contribution in [0.25, 0.3) is 0 Å². The van der Waals surface area contributed by atoms with Gasteiger partial charge < -0.3 is 14.8 Å². The number of amides is 1. The van der Waals surface area contributed by atoms with Crippen LogP contribution >= 0.6 is 0 Å². The van der Waals surface area contributed by atoms with Crippen molar-refractivity contribution in [1.29, 1.82) is 0 Å². The molecule has 0 aliphatic rings. The highest BCUT2D eigenvalue weighted by atomic mass is 16.6. The lowest BCUT2D eigenvalue weighted by Crippen LogP contribution is -2.28. The predicted molar refractivity (Wildman–Crippen MR) is 51.3 cm³/mol. The summed E-state index contributed by atoms with van der Waals surface area (Å²) in [7, 11) is 0. The van der Waals surface area contributed by atoms with Crippen LogP contribution in [-0.4, -0.2) is 18.9 Å². The molecule has 0 atom stereocenters. The Hall–Kier alpha value is -1.84. The first-order valence-corrected chi connectivity index (χ1v) is 4.18. The average molecular weight is 193 g/mol. The zero-order valence-corrected chi connectivity index (χ0v) is 7.82. The zero-order valence-electron chi connectivity index (χ0n) is 7.82. The summed E-state index contributed by atoms with van der Waals surface area (Å²) in [5.74, 6) is 0.466. The fourth-order valence-corrected chi connectivity index (χ4v) is 0.947. The first kappa shape index (κ1) is 10.2. The van der Waals surface area contributed by atoms with Crippen molar-refractivity contribution in [1.82, 2.24) is 5.32 Å². The van der Waals surface area contributed by atoms with Crippen LogP contribution in [-0.2, 0) is 4.79 Å². The van der Waals surface area contributed by atoms with Crippen molar-refractivity contribution in [2.75, 3.05) is 6.54 Å². The van der Waals surface area contributed by atoms with Crippen molar-refractivity contribution >= 4 is 12.4 Å². The Balaban J connectivity index is 2.51. The van der Waals surface area contributed by atoms with Crippen LogP contribution in [0.15, 0.2) is 24.3 Å². The highest BCUT2D eigenvalue weighted by Crippen LogP contribution is 2.11. The number of ether oxygens (including phenoxy) is 1. The van der Waals surface area contributed by atoms with Gasteiger partial charge in [-0.05, 0) is 24.6 Å². The molecule has 74 valence electrons. The molecule has 0 heterocycles. The van der Waals surface area contributed by atoms with E-state index in [-0.39, 0.29) is 6.54 Å². The minimum atomic E-state index is -0.623. The Morgan fingerprint density at radius 2 is 2.36 bits per heavy atom. The fraction of sp³-hybridized carbons (Fsp3) is 0.200. The molecule has 0 radical (unpaired) electrons. The standard InChI is InChI=1S/C10H11NO3/c1-8-3-2-4-9(7-8)14-10(13)11-5-6-12/h2-4,6-7H,5H2,1H3,(H,11,13). The van der Waals surface area contributed by atoms with Gasteiger partial charge in [0.05, 0.1) is 6.54 Å². The van der Waals surface area contributed by atoms with Crippen LogP contribution in [0.1, 0.15) is 5.56 Å². The first-order valence-electron chi connectivity index (χ1n) is 4.18. The molecule has 0 aromatic heterocycles. The summed E-state index contributed by atoms with van der Waals surface area (Å²) >= 11 is 0. The lowest BCUT2D eigenvalue weighted by atomic mass is 10.2. The van der Waals surface area contributed by atoms with Crippen molar-refractivity contribution < 1.29 is 14.3 Å². The Morgan fingerprint density at radius 3 is 3.00 bits per heavy atom. The molecule has 1 rings (SSSR count). The minimum absolute atomic E-state index is 0.0371. The number of nitrogens with one attached hydrogen (secondary N) is 1. The SMILES string of the molecule is Cc1cccc(OC(=O)NCC=O)c1. The van der Waals surface area contributed by atoms with Gasteiger partial charge in [-0.3, -0.25) is 0 Å². The third kappa shape index (κ3) is 3.26. The van der Waals surface area contributed by atoms with E-state index in [1.54, 1.807) is 18.2 Å². The number of aryl methyl sites for hydroxylation is 1. The third-order valence-corrected chi connectivity index (χ3v) is 1.53. The second kappa shape index (κ2) is 5.01. The molecule has 0 fully saturated rings. The Labute approximate surface area is 81.9 Å². The van der Waals surface area contributed by atoms with Gasteiger partial charge in [0, 0.05) is 0 Å². The van der Waals surface area contributed by atoms with Crippen molar-refractivity contribution in [2.24, 2.45) is 0 Å². The molecule has 0 saturated heterocycles. The second-order valence-corrected chi connectivity index (χ2v) is 2.75. The van der Waals surface area contributed by atoms with Crippen LogP contribution in [0.2, 0.25) is 0 Å². The first-order chi connectivity index (χ1) is 6.72. The quantitative estimate of drug-likeness (QED) is 0.736. The molecule has 4 heteroatoms. The molecule has 14 heavy (non-hydrogen) atoms.